The van der Waals surface area contributed by atoms with E-state index in [1.807, 2.05) is 6.07 Å². The van der Waals surface area contributed by atoms with Crippen LogP contribution in [0.15, 0.2) is 23.1 Å². The number of rotatable bonds is 7. The molecule has 0 bridgehead atoms. The minimum Gasteiger partial charge on any atom is -0.395 e. The molecular weight excluding hydrogens is 292 g/mol. The fraction of sp³-hybridized carbons (Fsp3) is 0.571. The lowest BCUT2D eigenvalue weighted by Gasteiger charge is -2.25. The number of anilines is 1. The molecule has 2 N–H and O–H groups in total. The number of nitrogens with one attached hydrogen (secondary N) is 1. The number of fused-ring (bicyclic) bond motifs is 1. The zero-order chi connectivity index (χ0) is 15.3. The van der Waals surface area contributed by atoms with Crippen LogP contribution in [0.1, 0.15) is 12.0 Å². The summed E-state index contributed by atoms with van der Waals surface area (Å²) in [5, 5.41) is 12.4. The predicted molar refractivity (Wildman–Crippen MR) is 81.0 cm³/mol. The van der Waals surface area contributed by atoms with Crippen molar-refractivity contribution >= 4 is 15.7 Å². The Kier molecular flexibility index (Phi) is 5.58. The first-order valence-electron chi connectivity index (χ1n) is 7.07. The van der Waals surface area contributed by atoms with Crippen molar-refractivity contribution in [3.8, 4) is 0 Å². The second-order valence-electron chi connectivity index (χ2n) is 4.93. The quantitative estimate of drug-likeness (QED) is 0.773. The highest BCUT2D eigenvalue weighted by Crippen LogP contribution is 2.30. The van der Waals surface area contributed by atoms with Gasteiger partial charge in [-0.2, -0.15) is 4.31 Å². The number of aliphatic hydroxyl groups is 1. The first-order chi connectivity index (χ1) is 10.1. The zero-order valence-electron chi connectivity index (χ0n) is 12.2. The molecule has 0 aliphatic carbocycles. The lowest BCUT2D eigenvalue weighted by Crippen LogP contribution is -2.37. The van der Waals surface area contributed by atoms with Crippen molar-refractivity contribution < 1.29 is 18.3 Å². The van der Waals surface area contributed by atoms with Gasteiger partial charge in [-0.05, 0) is 30.5 Å². The predicted octanol–water partition coefficient (Wildman–Crippen LogP) is 0.674. The third-order valence-electron chi connectivity index (χ3n) is 3.56. The number of benzene rings is 1. The Morgan fingerprint density at radius 2 is 2.19 bits per heavy atom. The molecule has 1 aromatic carbocycles. The molecule has 0 saturated carbocycles. The maximum Gasteiger partial charge on any atom is 0.243 e. The van der Waals surface area contributed by atoms with Gasteiger partial charge >= 0.3 is 0 Å². The maximum absolute atomic E-state index is 12.8. The zero-order valence-corrected chi connectivity index (χ0v) is 13.0. The summed E-state index contributed by atoms with van der Waals surface area (Å²) in [7, 11) is -2.10. The molecule has 21 heavy (non-hydrogen) atoms. The van der Waals surface area contributed by atoms with Crippen LogP contribution in [0.5, 0.6) is 0 Å². The van der Waals surface area contributed by atoms with Crippen LogP contribution in [0, 0.1) is 0 Å². The van der Waals surface area contributed by atoms with Crippen LogP contribution in [-0.2, 0) is 21.2 Å². The lowest BCUT2D eigenvalue weighted by molar-refractivity contribution is 0.168. The van der Waals surface area contributed by atoms with Crippen molar-refractivity contribution in [2.75, 3.05) is 45.3 Å². The molecule has 0 amide bonds. The third-order valence-corrected chi connectivity index (χ3v) is 5.55. The van der Waals surface area contributed by atoms with Gasteiger partial charge in [-0.25, -0.2) is 8.42 Å². The molecule has 1 aromatic rings. The van der Waals surface area contributed by atoms with Gasteiger partial charge in [0.1, 0.15) is 0 Å². The molecule has 0 unspecified atom stereocenters. The molecule has 0 spiro atoms. The van der Waals surface area contributed by atoms with Crippen LogP contribution < -0.4 is 5.32 Å². The summed E-state index contributed by atoms with van der Waals surface area (Å²) in [5.74, 6) is 0. The monoisotopic (exact) mass is 314 g/mol. The molecule has 0 radical (unpaired) electrons. The summed E-state index contributed by atoms with van der Waals surface area (Å²) in [5.41, 5.74) is 1.72. The summed E-state index contributed by atoms with van der Waals surface area (Å²) in [4.78, 5) is 0.330. The van der Waals surface area contributed by atoms with Gasteiger partial charge in [0.15, 0.2) is 0 Å². The van der Waals surface area contributed by atoms with E-state index in [1.165, 1.54) is 11.4 Å². The van der Waals surface area contributed by atoms with Crippen molar-refractivity contribution in [3.63, 3.8) is 0 Å². The molecule has 0 aromatic heterocycles. The molecular formula is C14H22N2O4S. The van der Waals surface area contributed by atoms with E-state index in [2.05, 4.69) is 5.32 Å². The Labute approximate surface area is 125 Å². The van der Waals surface area contributed by atoms with Crippen LogP contribution in [0.2, 0.25) is 0 Å². The van der Waals surface area contributed by atoms with E-state index in [4.69, 9.17) is 9.84 Å². The summed E-state index contributed by atoms with van der Waals surface area (Å²) in [6.07, 6.45) is 1.66. The van der Waals surface area contributed by atoms with Crippen molar-refractivity contribution in [1.29, 1.82) is 0 Å². The standard InChI is InChI=1S/C14H22N2O4S/c1-20-11-9-16(8-10-17)21(18,19)14-6-2-5-13-12(14)4-3-7-15-13/h2,5-6,15,17H,3-4,7-11H2,1H3. The molecule has 118 valence electrons. The third kappa shape index (κ3) is 3.55. The summed E-state index contributed by atoms with van der Waals surface area (Å²) < 4.78 is 31.9. The highest BCUT2D eigenvalue weighted by atomic mass is 32.2. The average Bonchev–Trinajstić information content (AvgIpc) is 2.50. The van der Waals surface area contributed by atoms with Gasteiger partial charge in [-0.3, -0.25) is 0 Å². The Morgan fingerprint density at radius 3 is 2.90 bits per heavy atom. The summed E-state index contributed by atoms with van der Waals surface area (Å²) >= 11 is 0. The van der Waals surface area contributed by atoms with E-state index in [9.17, 15) is 8.42 Å². The van der Waals surface area contributed by atoms with Crippen LogP contribution in [0.4, 0.5) is 5.69 Å². The highest BCUT2D eigenvalue weighted by Gasteiger charge is 2.28. The summed E-state index contributed by atoms with van der Waals surface area (Å²) in [6.45, 7) is 1.25. The van der Waals surface area contributed by atoms with Crippen molar-refractivity contribution in [2.45, 2.75) is 17.7 Å². The van der Waals surface area contributed by atoms with Gasteiger partial charge in [-0.1, -0.05) is 6.07 Å². The minimum absolute atomic E-state index is 0.0722. The van der Waals surface area contributed by atoms with Gasteiger partial charge < -0.3 is 15.2 Å². The smallest absolute Gasteiger partial charge is 0.243 e. The Bertz CT molecular complexity index is 574. The number of hydrogen-bond donors (Lipinski definition) is 2. The van der Waals surface area contributed by atoms with E-state index >= 15 is 0 Å². The van der Waals surface area contributed by atoms with Gasteiger partial charge in [0, 0.05) is 32.4 Å². The number of methoxy groups -OCH3 is 1. The minimum atomic E-state index is -3.62. The van der Waals surface area contributed by atoms with Crippen molar-refractivity contribution in [2.24, 2.45) is 0 Å². The molecule has 1 heterocycles. The number of hydrogen-bond acceptors (Lipinski definition) is 5. The van der Waals surface area contributed by atoms with E-state index < -0.39 is 10.0 Å². The SMILES string of the molecule is COCCN(CCO)S(=O)(=O)c1cccc2c1CCCN2. The van der Waals surface area contributed by atoms with Crippen LogP contribution in [0.3, 0.4) is 0 Å². The fourth-order valence-corrected chi connectivity index (χ4v) is 4.20. The van der Waals surface area contributed by atoms with E-state index in [0.717, 1.165) is 30.6 Å². The molecule has 0 atom stereocenters. The molecule has 6 nitrogen and oxygen atoms in total. The van der Waals surface area contributed by atoms with Crippen LogP contribution in [-0.4, -0.2) is 57.8 Å². The second kappa shape index (κ2) is 7.22. The molecule has 0 fully saturated rings. The van der Waals surface area contributed by atoms with Crippen molar-refractivity contribution in [1.82, 2.24) is 4.31 Å². The normalized spacial score (nSPS) is 14.8. The Morgan fingerprint density at radius 1 is 1.38 bits per heavy atom. The lowest BCUT2D eigenvalue weighted by atomic mass is 10.0. The molecule has 0 saturated heterocycles. The fourth-order valence-electron chi connectivity index (χ4n) is 2.51. The molecule has 7 heteroatoms. The van der Waals surface area contributed by atoms with Gasteiger partial charge in [-0.15, -0.1) is 0 Å². The van der Waals surface area contributed by atoms with Gasteiger partial charge in [0.2, 0.25) is 10.0 Å². The number of nitrogens with zero attached hydrogens (tertiary/aromatic N) is 1. The second-order valence-corrected chi connectivity index (χ2v) is 6.84. The Balaban J connectivity index is 2.37. The molecule has 2 rings (SSSR count). The first-order valence-corrected chi connectivity index (χ1v) is 8.51. The number of sulfonamides is 1. The van der Waals surface area contributed by atoms with E-state index in [1.54, 1.807) is 12.1 Å². The number of aliphatic hydroxyl groups excluding tert-OH is 1. The molecule has 1 aliphatic rings. The summed E-state index contributed by atoms with van der Waals surface area (Å²) in [6, 6.07) is 5.29. The topological polar surface area (TPSA) is 78.9 Å². The first kappa shape index (κ1) is 16.2. The number of ether oxygens (including phenoxy) is 1. The van der Waals surface area contributed by atoms with E-state index in [0.29, 0.717) is 11.5 Å². The van der Waals surface area contributed by atoms with E-state index in [-0.39, 0.29) is 19.7 Å². The van der Waals surface area contributed by atoms with Crippen LogP contribution >= 0.6 is 0 Å². The maximum atomic E-state index is 12.8. The van der Waals surface area contributed by atoms with Gasteiger partial charge in [0.05, 0.1) is 18.1 Å². The largest absolute Gasteiger partial charge is 0.395 e. The average molecular weight is 314 g/mol. The van der Waals surface area contributed by atoms with Gasteiger partial charge in [0.25, 0.3) is 0 Å². The Hall–Kier alpha value is -1.15. The van der Waals surface area contributed by atoms with Crippen LogP contribution in [0.25, 0.3) is 0 Å². The molecule has 1 aliphatic heterocycles. The highest BCUT2D eigenvalue weighted by molar-refractivity contribution is 7.89. The van der Waals surface area contributed by atoms with Crippen molar-refractivity contribution in [3.05, 3.63) is 23.8 Å².